The number of hydrogen-bond donors (Lipinski definition) is 1. The van der Waals surface area contributed by atoms with Gasteiger partial charge in [0.05, 0.1) is 17.4 Å². The molecule has 1 aliphatic carbocycles. The van der Waals surface area contributed by atoms with Crippen molar-refractivity contribution >= 4 is 16.6 Å². The molecule has 0 bridgehead atoms. The number of anilines is 1. The fourth-order valence-electron chi connectivity index (χ4n) is 2.08. The SMILES string of the molecule is C[C@@H](Nc1cnnc2ccccc12)C1CC1. The van der Waals surface area contributed by atoms with Gasteiger partial charge in [-0.1, -0.05) is 18.2 Å². The molecule has 1 N–H and O–H groups in total. The number of nitrogens with zero attached hydrogens (tertiary/aromatic N) is 2. The molecule has 1 aliphatic rings. The fraction of sp³-hybridized carbons (Fsp3) is 0.385. The van der Waals surface area contributed by atoms with E-state index in [9.17, 15) is 0 Å². The molecule has 1 fully saturated rings. The van der Waals surface area contributed by atoms with Gasteiger partial charge in [0.2, 0.25) is 0 Å². The van der Waals surface area contributed by atoms with Gasteiger partial charge in [0.1, 0.15) is 0 Å². The highest BCUT2D eigenvalue weighted by molar-refractivity contribution is 5.90. The molecular weight excluding hydrogens is 198 g/mol. The molecule has 0 aliphatic heterocycles. The highest BCUT2D eigenvalue weighted by atomic mass is 15.1. The van der Waals surface area contributed by atoms with Crippen molar-refractivity contribution in [3.8, 4) is 0 Å². The normalized spacial score (nSPS) is 17.3. The topological polar surface area (TPSA) is 37.8 Å². The van der Waals surface area contributed by atoms with E-state index in [1.807, 2.05) is 24.4 Å². The van der Waals surface area contributed by atoms with E-state index in [0.717, 1.165) is 22.5 Å². The van der Waals surface area contributed by atoms with Gasteiger partial charge in [0.15, 0.2) is 0 Å². The van der Waals surface area contributed by atoms with Gasteiger partial charge in [0, 0.05) is 11.4 Å². The predicted octanol–water partition coefficient (Wildman–Crippen LogP) is 2.84. The smallest absolute Gasteiger partial charge is 0.0950 e. The number of nitrogens with one attached hydrogen (secondary N) is 1. The van der Waals surface area contributed by atoms with Gasteiger partial charge in [-0.3, -0.25) is 0 Å². The van der Waals surface area contributed by atoms with E-state index in [-0.39, 0.29) is 0 Å². The van der Waals surface area contributed by atoms with Gasteiger partial charge < -0.3 is 5.32 Å². The molecule has 3 nitrogen and oxygen atoms in total. The summed E-state index contributed by atoms with van der Waals surface area (Å²) in [4.78, 5) is 0. The van der Waals surface area contributed by atoms with Crippen molar-refractivity contribution in [3.05, 3.63) is 30.5 Å². The molecule has 3 heteroatoms. The molecule has 1 heterocycles. The Kier molecular flexibility index (Phi) is 2.24. The average molecular weight is 213 g/mol. The van der Waals surface area contributed by atoms with Crippen LogP contribution in [0.25, 0.3) is 10.9 Å². The van der Waals surface area contributed by atoms with E-state index >= 15 is 0 Å². The van der Waals surface area contributed by atoms with Crippen molar-refractivity contribution in [2.75, 3.05) is 5.32 Å². The van der Waals surface area contributed by atoms with Crippen LogP contribution in [0.3, 0.4) is 0 Å². The van der Waals surface area contributed by atoms with Crippen LogP contribution in [0.4, 0.5) is 5.69 Å². The summed E-state index contributed by atoms with van der Waals surface area (Å²) in [5, 5.41) is 12.9. The van der Waals surface area contributed by atoms with E-state index in [1.54, 1.807) is 0 Å². The van der Waals surface area contributed by atoms with Crippen molar-refractivity contribution in [1.29, 1.82) is 0 Å². The Morgan fingerprint density at radius 3 is 2.94 bits per heavy atom. The van der Waals surface area contributed by atoms with Crippen molar-refractivity contribution in [1.82, 2.24) is 10.2 Å². The molecule has 0 amide bonds. The predicted molar refractivity (Wildman–Crippen MR) is 65.3 cm³/mol. The second-order valence-electron chi connectivity index (χ2n) is 4.55. The van der Waals surface area contributed by atoms with Crippen LogP contribution in [0.1, 0.15) is 19.8 Å². The van der Waals surface area contributed by atoms with Crippen LogP contribution in [0, 0.1) is 5.92 Å². The van der Waals surface area contributed by atoms with Gasteiger partial charge in [-0.25, -0.2) is 0 Å². The monoisotopic (exact) mass is 213 g/mol. The van der Waals surface area contributed by atoms with Gasteiger partial charge in [-0.2, -0.15) is 10.2 Å². The Morgan fingerprint density at radius 1 is 1.31 bits per heavy atom. The van der Waals surface area contributed by atoms with E-state index in [0.29, 0.717) is 6.04 Å². The largest absolute Gasteiger partial charge is 0.380 e. The summed E-state index contributed by atoms with van der Waals surface area (Å²) in [5.41, 5.74) is 2.06. The van der Waals surface area contributed by atoms with Crippen LogP contribution in [-0.4, -0.2) is 16.2 Å². The first-order valence-electron chi connectivity index (χ1n) is 5.81. The van der Waals surface area contributed by atoms with Crippen LogP contribution < -0.4 is 5.32 Å². The molecule has 82 valence electrons. The standard InChI is InChI=1S/C13H15N3/c1-9(10-6-7-10)15-13-8-14-16-12-5-3-2-4-11(12)13/h2-5,8-10H,6-7H2,1H3,(H,15,16)/t9-/m1/s1. The number of rotatable bonds is 3. The van der Waals surface area contributed by atoms with E-state index in [4.69, 9.17) is 0 Å². The third-order valence-corrected chi connectivity index (χ3v) is 3.26. The summed E-state index contributed by atoms with van der Waals surface area (Å²) in [6, 6.07) is 8.65. The Bertz CT molecular complexity index is 500. The number of benzene rings is 1. The lowest BCUT2D eigenvalue weighted by Crippen LogP contribution is -2.17. The molecule has 1 saturated carbocycles. The third kappa shape index (κ3) is 1.73. The van der Waals surface area contributed by atoms with E-state index < -0.39 is 0 Å². The molecule has 16 heavy (non-hydrogen) atoms. The maximum Gasteiger partial charge on any atom is 0.0950 e. The van der Waals surface area contributed by atoms with Gasteiger partial charge in [0.25, 0.3) is 0 Å². The summed E-state index contributed by atoms with van der Waals surface area (Å²) in [5.74, 6) is 0.840. The third-order valence-electron chi connectivity index (χ3n) is 3.26. The molecule has 3 rings (SSSR count). The molecule has 0 spiro atoms. The first-order chi connectivity index (χ1) is 7.84. The van der Waals surface area contributed by atoms with Crippen molar-refractivity contribution < 1.29 is 0 Å². The van der Waals surface area contributed by atoms with E-state index in [2.05, 4.69) is 28.5 Å². The summed E-state index contributed by atoms with van der Waals surface area (Å²) in [6.45, 7) is 2.24. The highest BCUT2D eigenvalue weighted by Crippen LogP contribution is 2.34. The lowest BCUT2D eigenvalue weighted by Gasteiger charge is -2.15. The summed E-state index contributed by atoms with van der Waals surface area (Å²) < 4.78 is 0. The summed E-state index contributed by atoms with van der Waals surface area (Å²) in [7, 11) is 0. The zero-order valence-electron chi connectivity index (χ0n) is 9.35. The molecule has 0 saturated heterocycles. The van der Waals surface area contributed by atoms with Crippen LogP contribution in [0.5, 0.6) is 0 Å². The Morgan fingerprint density at radius 2 is 2.12 bits per heavy atom. The quantitative estimate of drug-likeness (QED) is 0.852. The molecule has 0 unspecified atom stereocenters. The van der Waals surface area contributed by atoms with Gasteiger partial charge in [-0.15, -0.1) is 0 Å². The molecule has 1 aromatic carbocycles. The van der Waals surface area contributed by atoms with Crippen LogP contribution in [-0.2, 0) is 0 Å². The summed E-state index contributed by atoms with van der Waals surface area (Å²) >= 11 is 0. The van der Waals surface area contributed by atoms with Gasteiger partial charge >= 0.3 is 0 Å². The first-order valence-corrected chi connectivity index (χ1v) is 5.81. The average Bonchev–Trinajstić information content (AvgIpc) is 3.13. The van der Waals surface area contributed by atoms with E-state index in [1.165, 1.54) is 12.8 Å². The molecule has 2 aromatic rings. The van der Waals surface area contributed by atoms with Crippen LogP contribution in [0.15, 0.2) is 30.5 Å². The minimum Gasteiger partial charge on any atom is -0.380 e. The minimum absolute atomic E-state index is 0.535. The molecule has 0 radical (unpaired) electrons. The number of aromatic nitrogens is 2. The number of fused-ring (bicyclic) bond motifs is 1. The Hall–Kier alpha value is -1.64. The second kappa shape index (κ2) is 3.74. The maximum atomic E-state index is 4.12. The second-order valence-corrected chi connectivity index (χ2v) is 4.55. The van der Waals surface area contributed by atoms with Crippen LogP contribution >= 0.6 is 0 Å². The zero-order chi connectivity index (χ0) is 11.0. The van der Waals surface area contributed by atoms with Crippen molar-refractivity contribution in [2.24, 2.45) is 5.92 Å². The van der Waals surface area contributed by atoms with Crippen molar-refractivity contribution in [3.63, 3.8) is 0 Å². The zero-order valence-corrected chi connectivity index (χ0v) is 9.35. The lowest BCUT2D eigenvalue weighted by atomic mass is 10.1. The molecular formula is C13H15N3. The Balaban J connectivity index is 1.95. The maximum absolute atomic E-state index is 4.12. The Labute approximate surface area is 94.9 Å². The van der Waals surface area contributed by atoms with Crippen LogP contribution in [0.2, 0.25) is 0 Å². The highest BCUT2D eigenvalue weighted by Gasteiger charge is 2.28. The van der Waals surface area contributed by atoms with Crippen molar-refractivity contribution in [2.45, 2.75) is 25.8 Å². The van der Waals surface area contributed by atoms with Gasteiger partial charge in [-0.05, 0) is 31.7 Å². The fourth-order valence-corrected chi connectivity index (χ4v) is 2.08. The number of hydrogen-bond acceptors (Lipinski definition) is 3. The first kappa shape index (κ1) is 9.58. The molecule has 1 atom stereocenters. The lowest BCUT2D eigenvalue weighted by molar-refractivity contribution is 0.694. The minimum atomic E-state index is 0.535. The molecule has 1 aromatic heterocycles. The summed E-state index contributed by atoms with van der Waals surface area (Å²) in [6.07, 6.45) is 4.52.